The summed E-state index contributed by atoms with van der Waals surface area (Å²) in [6.45, 7) is 1.78. The molecule has 0 aliphatic carbocycles. The highest BCUT2D eigenvalue weighted by molar-refractivity contribution is 7.93. The highest BCUT2D eigenvalue weighted by atomic mass is 32.2. The normalized spacial score (nSPS) is 12.1. The molecule has 0 saturated heterocycles. The Bertz CT molecular complexity index is 891. The second-order valence-electron chi connectivity index (χ2n) is 4.63. The minimum absolute atomic E-state index is 0.00152. The van der Waals surface area contributed by atoms with Crippen LogP contribution in [0, 0.1) is 6.92 Å². The van der Waals surface area contributed by atoms with Crippen LogP contribution in [0.2, 0.25) is 0 Å². The molecule has 2 aromatic carbocycles. The van der Waals surface area contributed by atoms with Crippen LogP contribution in [0.25, 0.3) is 0 Å². The first-order valence-corrected chi connectivity index (χ1v) is 9.35. The molecule has 0 saturated carbocycles. The Morgan fingerprint density at radius 1 is 0.864 bits per heavy atom. The van der Waals surface area contributed by atoms with Crippen molar-refractivity contribution in [3.05, 3.63) is 54.1 Å². The molecular formula is C14H16N2O4S2. The summed E-state index contributed by atoms with van der Waals surface area (Å²) in [7, 11) is -6.37. The van der Waals surface area contributed by atoms with E-state index in [0.717, 1.165) is 5.56 Å². The molecule has 118 valence electrons. The monoisotopic (exact) mass is 340 g/mol. The van der Waals surface area contributed by atoms with Crippen molar-refractivity contribution >= 4 is 25.7 Å². The van der Waals surface area contributed by atoms with Crippen molar-refractivity contribution in [1.82, 2.24) is 4.72 Å². The second-order valence-corrected chi connectivity index (χ2v) is 8.16. The van der Waals surface area contributed by atoms with Crippen LogP contribution in [0.15, 0.2) is 58.3 Å². The standard InChI is InChI=1S/C14H16N2O4S2/c1-11-6-5-7-12(10-11)21(17,18)16-13-8-3-4-9-14(13)22(19,20)15-2/h3-10,15-16H,1-2H3. The Morgan fingerprint density at radius 3 is 2.18 bits per heavy atom. The predicted molar refractivity (Wildman–Crippen MR) is 84.7 cm³/mol. The Kier molecular flexibility index (Phi) is 4.55. The molecule has 22 heavy (non-hydrogen) atoms. The quantitative estimate of drug-likeness (QED) is 0.866. The predicted octanol–water partition coefficient (Wildman–Crippen LogP) is 1.70. The van der Waals surface area contributed by atoms with E-state index in [4.69, 9.17) is 0 Å². The summed E-state index contributed by atoms with van der Waals surface area (Å²) in [5.74, 6) is 0. The molecule has 0 amide bonds. The smallest absolute Gasteiger partial charge is 0.261 e. The van der Waals surface area contributed by atoms with Gasteiger partial charge in [-0.1, -0.05) is 24.3 Å². The first-order chi connectivity index (χ1) is 10.3. The zero-order chi connectivity index (χ0) is 16.4. The van der Waals surface area contributed by atoms with Crippen LogP contribution in [-0.2, 0) is 20.0 Å². The van der Waals surface area contributed by atoms with Crippen molar-refractivity contribution in [2.75, 3.05) is 11.8 Å². The van der Waals surface area contributed by atoms with E-state index in [2.05, 4.69) is 9.44 Å². The zero-order valence-electron chi connectivity index (χ0n) is 12.1. The van der Waals surface area contributed by atoms with Crippen molar-refractivity contribution in [3.63, 3.8) is 0 Å². The summed E-state index contributed by atoms with van der Waals surface area (Å²) in [6, 6.07) is 12.2. The number of nitrogens with one attached hydrogen (secondary N) is 2. The third-order valence-corrected chi connectivity index (χ3v) is 5.83. The molecule has 2 rings (SSSR count). The molecule has 0 fully saturated rings. The third-order valence-electron chi connectivity index (χ3n) is 2.99. The van der Waals surface area contributed by atoms with E-state index in [0.29, 0.717) is 0 Å². The number of anilines is 1. The lowest BCUT2D eigenvalue weighted by Crippen LogP contribution is -2.22. The van der Waals surface area contributed by atoms with Crippen molar-refractivity contribution < 1.29 is 16.8 Å². The Hall–Kier alpha value is -1.90. The van der Waals surface area contributed by atoms with Crippen LogP contribution in [-0.4, -0.2) is 23.9 Å². The van der Waals surface area contributed by atoms with Gasteiger partial charge < -0.3 is 0 Å². The van der Waals surface area contributed by atoms with Gasteiger partial charge in [0.25, 0.3) is 10.0 Å². The summed E-state index contributed by atoms with van der Waals surface area (Å²) >= 11 is 0. The fraction of sp³-hybridized carbons (Fsp3) is 0.143. The molecule has 0 bridgehead atoms. The van der Waals surface area contributed by atoms with E-state index in [1.165, 1.54) is 37.4 Å². The number of benzene rings is 2. The van der Waals surface area contributed by atoms with E-state index in [1.807, 2.05) is 0 Å². The largest absolute Gasteiger partial charge is 0.278 e. The lowest BCUT2D eigenvalue weighted by molar-refractivity contribution is 0.588. The van der Waals surface area contributed by atoms with E-state index in [9.17, 15) is 16.8 Å². The molecule has 0 unspecified atom stereocenters. The molecule has 0 atom stereocenters. The molecule has 2 N–H and O–H groups in total. The van der Waals surface area contributed by atoms with Gasteiger partial charge in [0.1, 0.15) is 4.90 Å². The fourth-order valence-electron chi connectivity index (χ4n) is 1.88. The number of hydrogen-bond acceptors (Lipinski definition) is 4. The molecule has 0 radical (unpaired) electrons. The van der Waals surface area contributed by atoms with Gasteiger partial charge >= 0.3 is 0 Å². The average molecular weight is 340 g/mol. The van der Waals surface area contributed by atoms with Crippen LogP contribution >= 0.6 is 0 Å². The van der Waals surface area contributed by atoms with Gasteiger partial charge in [0.2, 0.25) is 10.0 Å². The van der Waals surface area contributed by atoms with Crippen LogP contribution in [0.4, 0.5) is 5.69 Å². The summed E-state index contributed by atoms with van der Waals surface area (Å²) in [4.78, 5) is -0.0575. The summed E-state index contributed by atoms with van der Waals surface area (Å²) in [6.07, 6.45) is 0. The highest BCUT2D eigenvalue weighted by Crippen LogP contribution is 2.24. The SMILES string of the molecule is CNS(=O)(=O)c1ccccc1NS(=O)(=O)c1cccc(C)c1. The molecule has 0 spiro atoms. The molecule has 0 heterocycles. The Labute approximate surface area is 130 Å². The number of hydrogen-bond donors (Lipinski definition) is 2. The first kappa shape index (κ1) is 16.5. The number of aryl methyl sites for hydroxylation is 1. The van der Waals surface area contributed by atoms with Gasteiger partial charge in [0.05, 0.1) is 10.6 Å². The maximum atomic E-state index is 12.4. The van der Waals surface area contributed by atoms with Gasteiger partial charge in [-0.15, -0.1) is 0 Å². The molecule has 2 aromatic rings. The Balaban J connectivity index is 2.48. The molecule has 0 aliphatic heterocycles. The fourth-order valence-corrected chi connectivity index (χ4v) is 4.02. The second kappa shape index (κ2) is 6.07. The Morgan fingerprint density at radius 2 is 1.55 bits per heavy atom. The van der Waals surface area contributed by atoms with Crippen LogP contribution in [0.3, 0.4) is 0 Å². The summed E-state index contributed by atoms with van der Waals surface area (Å²) in [5, 5.41) is 0. The lowest BCUT2D eigenvalue weighted by atomic mass is 10.2. The van der Waals surface area contributed by atoms with Crippen LogP contribution < -0.4 is 9.44 Å². The van der Waals surface area contributed by atoms with Crippen molar-refractivity contribution in [1.29, 1.82) is 0 Å². The van der Waals surface area contributed by atoms with Gasteiger partial charge in [0, 0.05) is 0 Å². The maximum absolute atomic E-state index is 12.4. The molecule has 6 nitrogen and oxygen atoms in total. The third kappa shape index (κ3) is 3.46. The lowest BCUT2D eigenvalue weighted by Gasteiger charge is -2.12. The van der Waals surface area contributed by atoms with Gasteiger partial charge in [-0.25, -0.2) is 21.6 Å². The molecule has 0 aromatic heterocycles. The first-order valence-electron chi connectivity index (χ1n) is 6.38. The van der Waals surface area contributed by atoms with Gasteiger partial charge in [-0.2, -0.15) is 0 Å². The van der Waals surface area contributed by atoms with E-state index >= 15 is 0 Å². The minimum Gasteiger partial charge on any atom is -0.278 e. The molecular weight excluding hydrogens is 324 g/mol. The zero-order valence-corrected chi connectivity index (χ0v) is 13.7. The van der Waals surface area contributed by atoms with E-state index in [-0.39, 0.29) is 15.5 Å². The van der Waals surface area contributed by atoms with Crippen molar-refractivity contribution in [2.24, 2.45) is 0 Å². The summed E-state index contributed by atoms with van der Waals surface area (Å²) < 4.78 is 53.2. The van der Waals surface area contributed by atoms with E-state index in [1.54, 1.807) is 25.1 Å². The number of sulfonamides is 2. The van der Waals surface area contributed by atoms with Crippen LogP contribution in [0.1, 0.15) is 5.56 Å². The van der Waals surface area contributed by atoms with Gasteiger partial charge in [-0.3, -0.25) is 4.72 Å². The van der Waals surface area contributed by atoms with Gasteiger partial charge in [0.15, 0.2) is 0 Å². The topological polar surface area (TPSA) is 92.3 Å². The van der Waals surface area contributed by atoms with Crippen molar-refractivity contribution in [2.45, 2.75) is 16.7 Å². The van der Waals surface area contributed by atoms with E-state index < -0.39 is 20.0 Å². The number of rotatable bonds is 5. The summed E-state index contributed by atoms with van der Waals surface area (Å²) in [5.41, 5.74) is 0.789. The highest BCUT2D eigenvalue weighted by Gasteiger charge is 2.21. The minimum atomic E-state index is -3.87. The van der Waals surface area contributed by atoms with Gasteiger partial charge in [-0.05, 0) is 43.8 Å². The van der Waals surface area contributed by atoms with Crippen LogP contribution in [0.5, 0.6) is 0 Å². The maximum Gasteiger partial charge on any atom is 0.261 e. The van der Waals surface area contributed by atoms with Crippen molar-refractivity contribution in [3.8, 4) is 0 Å². The number of para-hydroxylation sites is 1. The molecule has 0 aliphatic rings. The average Bonchev–Trinajstić information content (AvgIpc) is 2.47. The molecule has 8 heteroatoms.